The fourth-order valence-electron chi connectivity index (χ4n) is 3.32. The highest BCUT2D eigenvalue weighted by molar-refractivity contribution is 5.30. The summed E-state index contributed by atoms with van der Waals surface area (Å²) in [4.78, 5) is 0. The second-order valence-corrected chi connectivity index (χ2v) is 6.19. The normalized spacial score (nSPS) is 23.6. The molecule has 2 rings (SSSR count). The van der Waals surface area contributed by atoms with E-state index in [1.807, 2.05) is 13.8 Å². The maximum absolute atomic E-state index is 13.5. The second kappa shape index (κ2) is 6.19. The number of benzene rings is 1. The van der Waals surface area contributed by atoms with E-state index in [-0.39, 0.29) is 24.8 Å². The van der Waals surface area contributed by atoms with Gasteiger partial charge in [0.2, 0.25) is 5.92 Å². The Morgan fingerprint density at radius 2 is 1.95 bits per heavy atom. The molecule has 4 heteroatoms. The van der Waals surface area contributed by atoms with Crippen molar-refractivity contribution in [2.75, 3.05) is 0 Å². The van der Waals surface area contributed by atoms with Crippen LogP contribution in [0.3, 0.4) is 0 Å². The van der Waals surface area contributed by atoms with Crippen LogP contribution in [0.1, 0.15) is 54.8 Å². The summed E-state index contributed by atoms with van der Waals surface area (Å²) in [5.41, 5.74) is 6.25. The van der Waals surface area contributed by atoms with Gasteiger partial charge in [0, 0.05) is 18.9 Å². The smallest absolute Gasteiger partial charge is 0.248 e. The van der Waals surface area contributed by atoms with Gasteiger partial charge in [-0.1, -0.05) is 29.3 Å². The molecule has 2 atom stereocenters. The predicted molar refractivity (Wildman–Crippen MR) is 77.5 cm³/mol. The summed E-state index contributed by atoms with van der Waals surface area (Å²) < 4.78 is 27.0. The van der Waals surface area contributed by atoms with Crippen molar-refractivity contribution < 1.29 is 8.78 Å². The maximum atomic E-state index is 13.5. The molecule has 0 heterocycles. The number of aryl methyl sites for hydroxylation is 2. The van der Waals surface area contributed by atoms with E-state index >= 15 is 0 Å². The van der Waals surface area contributed by atoms with Gasteiger partial charge in [-0.2, -0.15) is 0 Å². The van der Waals surface area contributed by atoms with Crippen LogP contribution in [0.15, 0.2) is 18.2 Å². The Balaban J connectivity index is 2.08. The molecule has 2 nitrogen and oxygen atoms in total. The molecule has 1 aliphatic carbocycles. The highest BCUT2D eigenvalue weighted by Gasteiger charge is 2.36. The van der Waals surface area contributed by atoms with Gasteiger partial charge in [0.25, 0.3) is 0 Å². The third-order valence-corrected chi connectivity index (χ3v) is 4.16. The standard InChI is InChI=1S/C16H24F2N2/c1-11-6-12(2)8-14(7-11)15(20-19)9-13-4-3-5-16(17,18)10-13/h6-8,13,15,20H,3-5,9-10,19H2,1-2H3. The third-order valence-electron chi connectivity index (χ3n) is 4.16. The minimum Gasteiger partial charge on any atom is -0.271 e. The molecule has 1 fully saturated rings. The maximum Gasteiger partial charge on any atom is 0.248 e. The summed E-state index contributed by atoms with van der Waals surface area (Å²) in [6.07, 6.45) is 2.19. The van der Waals surface area contributed by atoms with Gasteiger partial charge in [0.15, 0.2) is 0 Å². The van der Waals surface area contributed by atoms with Crippen LogP contribution in [0.2, 0.25) is 0 Å². The number of halogens is 2. The van der Waals surface area contributed by atoms with Crippen molar-refractivity contribution >= 4 is 0 Å². The monoisotopic (exact) mass is 282 g/mol. The first kappa shape index (κ1) is 15.4. The van der Waals surface area contributed by atoms with E-state index in [1.54, 1.807) is 0 Å². The number of nitrogens with one attached hydrogen (secondary N) is 1. The molecule has 0 saturated heterocycles. The van der Waals surface area contributed by atoms with Crippen LogP contribution < -0.4 is 11.3 Å². The Bertz CT molecular complexity index is 440. The average Bonchev–Trinajstić information content (AvgIpc) is 2.33. The average molecular weight is 282 g/mol. The molecule has 0 radical (unpaired) electrons. The van der Waals surface area contributed by atoms with Gasteiger partial charge in [0.1, 0.15) is 0 Å². The lowest BCUT2D eigenvalue weighted by molar-refractivity contribution is -0.0548. The molecule has 0 amide bonds. The number of hydrazine groups is 1. The Morgan fingerprint density at radius 3 is 2.50 bits per heavy atom. The van der Waals surface area contributed by atoms with Gasteiger partial charge in [-0.3, -0.25) is 11.3 Å². The first-order valence-corrected chi connectivity index (χ1v) is 7.32. The first-order valence-electron chi connectivity index (χ1n) is 7.32. The van der Waals surface area contributed by atoms with Gasteiger partial charge in [0.05, 0.1) is 0 Å². The molecule has 0 spiro atoms. The summed E-state index contributed by atoms with van der Waals surface area (Å²) in [5, 5.41) is 0. The molecule has 1 saturated carbocycles. The topological polar surface area (TPSA) is 38.0 Å². The number of hydrogen-bond donors (Lipinski definition) is 2. The van der Waals surface area contributed by atoms with Gasteiger partial charge < -0.3 is 0 Å². The quantitative estimate of drug-likeness (QED) is 0.646. The van der Waals surface area contributed by atoms with Crippen molar-refractivity contribution in [1.29, 1.82) is 0 Å². The van der Waals surface area contributed by atoms with E-state index in [0.29, 0.717) is 12.8 Å². The highest BCUT2D eigenvalue weighted by Crippen LogP contribution is 2.40. The van der Waals surface area contributed by atoms with Crippen molar-refractivity contribution in [3.8, 4) is 0 Å². The second-order valence-electron chi connectivity index (χ2n) is 6.19. The minimum absolute atomic E-state index is 0.00399. The lowest BCUT2D eigenvalue weighted by Gasteiger charge is -2.31. The zero-order valence-corrected chi connectivity index (χ0v) is 12.3. The van der Waals surface area contributed by atoms with Gasteiger partial charge >= 0.3 is 0 Å². The van der Waals surface area contributed by atoms with E-state index in [0.717, 1.165) is 12.0 Å². The molecule has 0 aliphatic heterocycles. The van der Waals surface area contributed by atoms with Crippen LogP contribution in [0.4, 0.5) is 8.78 Å². The minimum atomic E-state index is -2.50. The van der Waals surface area contributed by atoms with Crippen LogP contribution in [0, 0.1) is 19.8 Å². The van der Waals surface area contributed by atoms with Crippen LogP contribution in [0.25, 0.3) is 0 Å². The summed E-state index contributed by atoms with van der Waals surface area (Å²) in [5.74, 6) is 3.20. The Hall–Kier alpha value is -1.00. The largest absolute Gasteiger partial charge is 0.271 e. The van der Waals surface area contributed by atoms with Crippen molar-refractivity contribution in [1.82, 2.24) is 5.43 Å². The van der Waals surface area contributed by atoms with Crippen molar-refractivity contribution in [2.24, 2.45) is 11.8 Å². The molecule has 2 unspecified atom stereocenters. The first-order chi connectivity index (χ1) is 9.39. The molecule has 20 heavy (non-hydrogen) atoms. The third kappa shape index (κ3) is 4.00. The van der Waals surface area contributed by atoms with Gasteiger partial charge in [-0.25, -0.2) is 8.78 Å². The van der Waals surface area contributed by atoms with Crippen molar-refractivity contribution in [3.05, 3.63) is 34.9 Å². The van der Waals surface area contributed by atoms with Crippen LogP contribution in [-0.2, 0) is 0 Å². The van der Waals surface area contributed by atoms with E-state index < -0.39 is 5.92 Å². The lowest BCUT2D eigenvalue weighted by atomic mass is 9.81. The molecule has 1 aromatic carbocycles. The Morgan fingerprint density at radius 1 is 1.30 bits per heavy atom. The number of hydrogen-bond acceptors (Lipinski definition) is 2. The lowest BCUT2D eigenvalue weighted by Crippen LogP contribution is -2.33. The number of rotatable bonds is 4. The molecule has 0 bridgehead atoms. The fraction of sp³-hybridized carbons (Fsp3) is 0.625. The SMILES string of the molecule is Cc1cc(C)cc(C(CC2CCCC(F)(F)C2)NN)c1. The van der Waals surface area contributed by atoms with E-state index in [4.69, 9.17) is 5.84 Å². The number of alkyl halides is 2. The number of nitrogens with two attached hydrogens (primary N) is 1. The van der Waals surface area contributed by atoms with Crippen molar-refractivity contribution in [2.45, 2.75) is 57.9 Å². The zero-order chi connectivity index (χ0) is 14.8. The van der Waals surface area contributed by atoms with Gasteiger partial charge in [-0.05, 0) is 44.6 Å². The summed E-state index contributed by atoms with van der Waals surface area (Å²) in [6, 6.07) is 6.22. The van der Waals surface area contributed by atoms with Crippen LogP contribution in [0.5, 0.6) is 0 Å². The summed E-state index contributed by atoms with van der Waals surface area (Å²) in [7, 11) is 0. The Labute approximate surface area is 119 Å². The molecule has 3 N–H and O–H groups in total. The predicted octanol–water partition coefficient (Wildman–Crippen LogP) is 4.02. The summed E-state index contributed by atoms with van der Waals surface area (Å²) >= 11 is 0. The summed E-state index contributed by atoms with van der Waals surface area (Å²) in [6.45, 7) is 4.08. The molecule has 112 valence electrons. The fourth-order valence-corrected chi connectivity index (χ4v) is 3.32. The van der Waals surface area contributed by atoms with Crippen LogP contribution >= 0.6 is 0 Å². The van der Waals surface area contributed by atoms with E-state index in [2.05, 4.69) is 23.6 Å². The Kier molecular flexibility index (Phi) is 4.76. The van der Waals surface area contributed by atoms with Crippen LogP contribution in [-0.4, -0.2) is 5.92 Å². The zero-order valence-electron chi connectivity index (χ0n) is 12.3. The molecule has 0 aromatic heterocycles. The molecular formula is C16H24F2N2. The molecule has 1 aromatic rings. The molecular weight excluding hydrogens is 258 g/mol. The highest BCUT2D eigenvalue weighted by atomic mass is 19.3. The van der Waals surface area contributed by atoms with Crippen molar-refractivity contribution in [3.63, 3.8) is 0 Å². The van der Waals surface area contributed by atoms with E-state index in [1.165, 1.54) is 11.1 Å². The van der Waals surface area contributed by atoms with E-state index in [9.17, 15) is 8.78 Å². The van der Waals surface area contributed by atoms with Gasteiger partial charge in [-0.15, -0.1) is 0 Å². The molecule has 1 aliphatic rings.